The number of amides is 1. The number of aryl methyl sites for hydroxylation is 2. The standard InChI is InChI=1S/C25H20ClF4N3O2S2/c1-3-4-19-13(2)21-22(37-19)32-24(33(23(21)35)16-8-6-15(27)7-9-16)36-12-20(34)31-18-11-14(25(28,29)30)5-10-17(18)26/h5-11H,3-4,12H2,1-2H3,(H,31,34). The largest absolute Gasteiger partial charge is 0.416 e. The summed E-state index contributed by atoms with van der Waals surface area (Å²) in [6.45, 7) is 3.89. The normalized spacial score (nSPS) is 11.8. The Morgan fingerprint density at radius 1 is 1.19 bits per heavy atom. The fourth-order valence-electron chi connectivity index (χ4n) is 3.70. The molecule has 0 aliphatic heterocycles. The first kappa shape index (κ1) is 27.2. The predicted octanol–water partition coefficient (Wildman–Crippen LogP) is 7.25. The van der Waals surface area contributed by atoms with E-state index in [4.69, 9.17) is 11.6 Å². The fraction of sp³-hybridized carbons (Fsp3) is 0.240. The summed E-state index contributed by atoms with van der Waals surface area (Å²) >= 11 is 8.32. The van der Waals surface area contributed by atoms with Crippen molar-refractivity contribution in [3.8, 4) is 5.69 Å². The zero-order chi connectivity index (χ0) is 26.9. The number of aromatic nitrogens is 2. The Hall–Kier alpha value is -2.89. The molecule has 2 aromatic heterocycles. The van der Waals surface area contributed by atoms with E-state index in [0.717, 1.165) is 53.2 Å². The number of fused-ring (bicyclic) bond motifs is 1. The monoisotopic (exact) mass is 569 g/mol. The number of alkyl halides is 3. The summed E-state index contributed by atoms with van der Waals surface area (Å²) in [6, 6.07) is 7.94. The van der Waals surface area contributed by atoms with Crippen molar-refractivity contribution in [2.24, 2.45) is 0 Å². The fourth-order valence-corrected chi connectivity index (χ4v) is 6.00. The first-order valence-electron chi connectivity index (χ1n) is 11.1. The van der Waals surface area contributed by atoms with E-state index in [1.807, 2.05) is 13.8 Å². The van der Waals surface area contributed by atoms with Gasteiger partial charge in [-0.25, -0.2) is 9.37 Å². The molecule has 2 heterocycles. The molecular weight excluding hydrogens is 550 g/mol. The maximum absolute atomic E-state index is 13.6. The molecular formula is C25H20ClF4N3O2S2. The second kappa shape index (κ2) is 10.8. The second-order valence-corrected chi connectivity index (χ2v) is 10.6. The molecule has 1 amide bonds. The molecule has 0 saturated carbocycles. The highest BCUT2D eigenvalue weighted by Gasteiger charge is 2.31. The summed E-state index contributed by atoms with van der Waals surface area (Å²) in [5.41, 5.74) is -0.278. The van der Waals surface area contributed by atoms with Crippen LogP contribution in [0.1, 0.15) is 29.3 Å². The number of rotatable bonds is 7. The molecule has 2 aromatic carbocycles. The molecule has 0 saturated heterocycles. The van der Waals surface area contributed by atoms with Gasteiger partial charge < -0.3 is 5.32 Å². The number of carbonyl (C=O) groups excluding carboxylic acids is 1. The van der Waals surface area contributed by atoms with Crippen LogP contribution in [0.3, 0.4) is 0 Å². The summed E-state index contributed by atoms with van der Waals surface area (Å²) in [4.78, 5) is 32.4. The molecule has 4 aromatic rings. The number of thiophene rings is 1. The lowest BCUT2D eigenvalue weighted by molar-refractivity contribution is -0.137. The number of nitrogens with zero attached hydrogens (tertiary/aromatic N) is 2. The molecule has 0 fully saturated rings. The van der Waals surface area contributed by atoms with E-state index in [1.165, 1.54) is 40.2 Å². The van der Waals surface area contributed by atoms with Crippen molar-refractivity contribution in [2.45, 2.75) is 38.0 Å². The summed E-state index contributed by atoms with van der Waals surface area (Å²) in [5, 5.41) is 2.99. The highest BCUT2D eigenvalue weighted by Crippen LogP contribution is 2.34. The Labute approximate surface area is 222 Å². The van der Waals surface area contributed by atoms with Crippen molar-refractivity contribution in [3.63, 3.8) is 0 Å². The molecule has 12 heteroatoms. The predicted molar refractivity (Wildman–Crippen MR) is 140 cm³/mol. The molecule has 1 N–H and O–H groups in total. The SMILES string of the molecule is CCCc1sc2nc(SCC(=O)Nc3cc(C(F)(F)F)ccc3Cl)n(-c3ccc(F)cc3)c(=O)c2c1C. The van der Waals surface area contributed by atoms with Crippen molar-refractivity contribution in [1.29, 1.82) is 0 Å². The van der Waals surface area contributed by atoms with Crippen LogP contribution in [0.4, 0.5) is 23.2 Å². The van der Waals surface area contributed by atoms with Crippen molar-refractivity contribution < 1.29 is 22.4 Å². The van der Waals surface area contributed by atoms with Gasteiger partial charge >= 0.3 is 6.18 Å². The highest BCUT2D eigenvalue weighted by atomic mass is 35.5. The number of thioether (sulfide) groups is 1. The number of halogens is 5. The summed E-state index contributed by atoms with van der Waals surface area (Å²) in [7, 11) is 0. The maximum Gasteiger partial charge on any atom is 0.416 e. The van der Waals surface area contributed by atoms with Crippen LogP contribution in [0.2, 0.25) is 5.02 Å². The summed E-state index contributed by atoms with van der Waals surface area (Å²) in [6.07, 6.45) is -2.93. The van der Waals surface area contributed by atoms with E-state index in [2.05, 4.69) is 10.3 Å². The molecule has 0 bridgehead atoms. The summed E-state index contributed by atoms with van der Waals surface area (Å²) in [5.74, 6) is -1.38. The van der Waals surface area contributed by atoms with Gasteiger partial charge in [0.25, 0.3) is 5.56 Å². The number of hydrogen-bond donors (Lipinski definition) is 1. The van der Waals surface area contributed by atoms with Gasteiger partial charge in [-0.2, -0.15) is 13.2 Å². The van der Waals surface area contributed by atoms with E-state index < -0.39 is 23.5 Å². The van der Waals surface area contributed by atoms with Crippen molar-refractivity contribution in [1.82, 2.24) is 9.55 Å². The Kier molecular flexibility index (Phi) is 7.96. The second-order valence-electron chi connectivity index (χ2n) is 8.12. The van der Waals surface area contributed by atoms with Gasteiger partial charge in [-0.1, -0.05) is 36.7 Å². The lowest BCUT2D eigenvalue weighted by Gasteiger charge is -2.13. The Bertz CT molecular complexity index is 1530. The Balaban J connectivity index is 1.69. The Morgan fingerprint density at radius 3 is 2.54 bits per heavy atom. The molecule has 4 rings (SSSR count). The smallest absolute Gasteiger partial charge is 0.324 e. The highest BCUT2D eigenvalue weighted by molar-refractivity contribution is 7.99. The van der Waals surface area contributed by atoms with Gasteiger partial charge in [0.1, 0.15) is 10.6 Å². The van der Waals surface area contributed by atoms with E-state index in [9.17, 15) is 27.2 Å². The third-order valence-corrected chi connectivity index (χ3v) is 8.01. The van der Waals surface area contributed by atoms with Crippen LogP contribution in [0, 0.1) is 12.7 Å². The minimum Gasteiger partial charge on any atom is -0.324 e. The quantitative estimate of drug-likeness (QED) is 0.145. The van der Waals surface area contributed by atoms with Gasteiger partial charge in [-0.05, 0) is 61.4 Å². The molecule has 0 atom stereocenters. The number of carbonyl (C=O) groups is 1. The number of hydrogen-bond acceptors (Lipinski definition) is 5. The summed E-state index contributed by atoms with van der Waals surface area (Å²) < 4.78 is 54.0. The van der Waals surface area contributed by atoms with Crippen LogP contribution in [0.5, 0.6) is 0 Å². The number of nitrogens with one attached hydrogen (secondary N) is 1. The molecule has 0 aliphatic rings. The molecule has 5 nitrogen and oxygen atoms in total. The van der Waals surface area contributed by atoms with Crippen LogP contribution in [-0.2, 0) is 17.4 Å². The van der Waals surface area contributed by atoms with Crippen LogP contribution in [-0.4, -0.2) is 21.2 Å². The first-order chi connectivity index (χ1) is 17.5. The topological polar surface area (TPSA) is 64.0 Å². The first-order valence-corrected chi connectivity index (χ1v) is 13.3. The van der Waals surface area contributed by atoms with Crippen molar-refractivity contribution in [2.75, 3.05) is 11.1 Å². The van der Waals surface area contributed by atoms with Crippen molar-refractivity contribution in [3.05, 3.63) is 79.7 Å². The molecule has 194 valence electrons. The number of benzene rings is 2. The van der Waals surface area contributed by atoms with Gasteiger partial charge in [0.15, 0.2) is 5.16 Å². The lowest BCUT2D eigenvalue weighted by atomic mass is 10.1. The van der Waals surface area contributed by atoms with Crippen LogP contribution >= 0.6 is 34.7 Å². The van der Waals surface area contributed by atoms with Gasteiger partial charge in [0, 0.05) is 4.88 Å². The molecule has 0 unspecified atom stereocenters. The zero-order valence-electron chi connectivity index (χ0n) is 19.6. The number of anilines is 1. The average Bonchev–Trinajstić information content (AvgIpc) is 3.15. The molecule has 37 heavy (non-hydrogen) atoms. The van der Waals surface area contributed by atoms with Gasteiger partial charge in [-0.3, -0.25) is 14.2 Å². The lowest BCUT2D eigenvalue weighted by Crippen LogP contribution is -2.23. The van der Waals surface area contributed by atoms with Gasteiger partial charge in [0.2, 0.25) is 5.91 Å². The third-order valence-electron chi connectivity index (χ3n) is 5.49. The molecule has 0 aliphatic carbocycles. The molecule has 0 spiro atoms. The van der Waals surface area contributed by atoms with Gasteiger partial charge in [0.05, 0.1) is 33.1 Å². The van der Waals surface area contributed by atoms with Crippen molar-refractivity contribution >= 4 is 56.5 Å². The maximum atomic E-state index is 13.6. The van der Waals surface area contributed by atoms with E-state index in [1.54, 1.807) is 0 Å². The minimum atomic E-state index is -4.60. The van der Waals surface area contributed by atoms with Gasteiger partial charge in [-0.15, -0.1) is 11.3 Å². The van der Waals surface area contributed by atoms with Crippen LogP contribution in [0.25, 0.3) is 15.9 Å². The third kappa shape index (κ3) is 5.83. The van der Waals surface area contributed by atoms with E-state index in [0.29, 0.717) is 15.9 Å². The van der Waals surface area contributed by atoms with E-state index >= 15 is 0 Å². The molecule has 0 radical (unpaired) electrons. The van der Waals surface area contributed by atoms with E-state index in [-0.39, 0.29) is 27.2 Å². The average molecular weight is 570 g/mol. The zero-order valence-corrected chi connectivity index (χ0v) is 22.0. The Morgan fingerprint density at radius 2 is 1.89 bits per heavy atom. The van der Waals surface area contributed by atoms with Crippen LogP contribution < -0.4 is 10.9 Å². The van der Waals surface area contributed by atoms with Crippen LogP contribution in [0.15, 0.2) is 52.4 Å². The minimum absolute atomic E-state index is 0.0494.